The lowest BCUT2D eigenvalue weighted by molar-refractivity contribution is 0.439. The van der Waals surface area contributed by atoms with Gasteiger partial charge in [-0.2, -0.15) is 0 Å². The van der Waals surface area contributed by atoms with Crippen LogP contribution in [-0.2, 0) is 13.1 Å². The number of hydrogen-bond acceptors (Lipinski definition) is 5. The SMILES string of the molecule is CN=C(NCc1ccc(Oc2cccnc2)c(F)c1)N(C)Cc1csc(C)n1. The Bertz CT molecular complexity index is 945. The maximum absolute atomic E-state index is 14.4. The van der Waals surface area contributed by atoms with Crippen molar-refractivity contribution in [3.05, 3.63) is 70.2 Å². The molecule has 3 aromatic rings. The largest absolute Gasteiger partial charge is 0.453 e. The van der Waals surface area contributed by atoms with Crippen LogP contribution in [0.1, 0.15) is 16.3 Å². The van der Waals surface area contributed by atoms with Gasteiger partial charge in [0.05, 0.1) is 23.4 Å². The predicted molar refractivity (Wildman–Crippen MR) is 109 cm³/mol. The molecule has 6 nitrogen and oxygen atoms in total. The van der Waals surface area contributed by atoms with E-state index in [1.165, 1.54) is 6.07 Å². The van der Waals surface area contributed by atoms with Crippen molar-refractivity contribution in [1.29, 1.82) is 0 Å². The van der Waals surface area contributed by atoms with Gasteiger partial charge in [-0.1, -0.05) is 6.07 Å². The van der Waals surface area contributed by atoms with Gasteiger partial charge < -0.3 is 15.0 Å². The van der Waals surface area contributed by atoms with E-state index in [0.29, 0.717) is 24.8 Å². The molecule has 2 heterocycles. The van der Waals surface area contributed by atoms with E-state index in [2.05, 4.69) is 20.3 Å². The minimum absolute atomic E-state index is 0.164. The molecule has 0 fully saturated rings. The van der Waals surface area contributed by atoms with Crippen LogP contribution in [-0.4, -0.2) is 34.9 Å². The number of aromatic nitrogens is 2. The fourth-order valence-electron chi connectivity index (χ4n) is 2.64. The van der Waals surface area contributed by atoms with Gasteiger partial charge in [-0.05, 0) is 36.8 Å². The molecule has 0 unspecified atom stereocenters. The molecule has 1 N–H and O–H groups in total. The first-order chi connectivity index (χ1) is 13.5. The summed E-state index contributed by atoms with van der Waals surface area (Å²) in [5, 5.41) is 6.32. The molecule has 0 spiro atoms. The quantitative estimate of drug-likeness (QED) is 0.502. The lowest BCUT2D eigenvalue weighted by Crippen LogP contribution is -2.38. The van der Waals surface area contributed by atoms with Gasteiger partial charge in [0.1, 0.15) is 5.75 Å². The number of benzene rings is 1. The molecule has 28 heavy (non-hydrogen) atoms. The Kier molecular flexibility index (Phi) is 6.54. The van der Waals surface area contributed by atoms with Gasteiger partial charge >= 0.3 is 0 Å². The third kappa shape index (κ3) is 5.26. The zero-order valence-electron chi connectivity index (χ0n) is 16.0. The van der Waals surface area contributed by atoms with Gasteiger partial charge in [-0.3, -0.25) is 9.98 Å². The van der Waals surface area contributed by atoms with E-state index in [0.717, 1.165) is 16.3 Å². The summed E-state index contributed by atoms with van der Waals surface area (Å²) in [5.74, 6) is 0.940. The fourth-order valence-corrected chi connectivity index (χ4v) is 3.24. The highest BCUT2D eigenvalue weighted by Gasteiger charge is 2.10. The molecule has 8 heteroatoms. The van der Waals surface area contributed by atoms with Crippen molar-refractivity contribution in [2.24, 2.45) is 4.99 Å². The first-order valence-electron chi connectivity index (χ1n) is 8.74. The minimum atomic E-state index is -0.426. The number of halogens is 1. The van der Waals surface area contributed by atoms with Crippen LogP contribution in [0.25, 0.3) is 0 Å². The summed E-state index contributed by atoms with van der Waals surface area (Å²) in [7, 11) is 3.66. The van der Waals surface area contributed by atoms with E-state index in [-0.39, 0.29) is 5.75 Å². The molecule has 0 aliphatic carbocycles. The summed E-state index contributed by atoms with van der Waals surface area (Å²) in [5.41, 5.74) is 1.78. The first kappa shape index (κ1) is 19.8. The second kappa shape index (κ2) is 9.27. The molecule has 0 bridgehead atoms. The van der Waals surface area contributed by atoms with Crippen LogP contribution in [0, 0.1) is 12.7 Å². The van der Waals surface area contributed by atoms with Crippen molar-refractivity contribution in [1.82, 2.24) is 20.2 Å². The molecule has 0 aliphatic heterocycles. The number of ether oxygens (including phenoxy) is 1. The van der Waals surface area contributed by atoms with Crippen molar-refractivity contribution in [3.8, 4) is 11.5 Å². The number of thiazole rings is 1. The molecule has 3 rings (SSSR count). The molecular formula is C20H22FN5OS. The number of rotatable bonds is 6. The second-order valence-corrected chi connectivity index (χ2v) is 7.23. The number of guanidine groups is 1. The van der Waals surface area contributed by atoms with Crippen LogP contribution in [0.5, 0.6) is 11.5 Å². The Morgan fingerprint density at radius 2 is 2.21 bits per heavy atom. The molecule has 0 saturated carbocycles. The zero-order valence-corrected chi connectivity index (χ0v) is 16.8. The third-order valence-corrected chi connectivity index (χ3v) is 4.77. The highest BCUT2D eigenvalue weighted by molar-refractivity contribution is 7.09. The number of pyridine rings is 1. The average molecular weight is 399 g/mol. The van der Waals surface area contributed by atoms with Crippen LogP contribution < -0.4 is 10.1 Å². The molecule has 0 aliphatic rings. The monoisotopic (exact) mass is 399 g/mol. The Hall–Kier alpha value is -3.00. The van der Waals surface area contributed by atoms with E-state index in [9.17, 15) is 4.39 Å². The molecule has 0 radical (unpaired) electrons. The number of nitrogens with one attached hydrogen (secondary N) is 1. The van der Waals surface area contributed by atoms with Crippen LogP contribution in [0.15, 0.2) is 53.1 Å². The maximum Gasteiger partial charge on any atom is 0.194 e. The maximum atomic E-state index is 14.4. The van der Waals surface area contributed by atoms with E-state index in [1.54, 1.807) is 49.0 Å². The summed E-state index contributed by atoms with van der Waals surface area (Å²) in [4.78, 5) is 14.7. The fraction of sp³-hybridized carbons (Fsp3) is 0.250. The zero-order chi connectivity index (χ0) is 19.9. The van der Waals surface area contributed by atoms with Crippen LogP contribution in [0.2, 0.25) is 0 Å². The van der Waals surface area contributed by atoms with Gasteiger partial charge in [0, 0.05) is 32.2 Å². The van der Waals surface area contributed by atoms with Crippen LogP contribution in [0.4, 0.5) is 4.39 Å². The molecule has 2 aromatic heterocycles. The molecule has 0 saturated heterocycles. The number of aliphatic imine (C=N–C) groups is 1. The summed E-state index contributed by atoms with van der Waals surface area (Å²) < 4.78 is 19.9. The summed E-state index contributed by atoms with van der Waals surface area (Å²) >= 11 is 1.62. The molecule has 146 valence electrons. The lowest BCUT2D eigenvalue weighted by Gasteiger charge is -2.21. The second-order valence-electron chi connectivity index (χ2n) is 6.17. The van der Waals surface area contributed by atoms with E-state index in [1.807, 2.05) is 30.3 Å². The van der Waals surface area contributed by atoms with Crippen molar-refractivity contribution in [2.45, 2.75) is 20.0 Å². The Morgan fingerprint density at radius 3 is 2.86 bits per heavy atom. The highest BCUT2D eigenvalue weighted by Crippen LogP contribution is 2.24. The van der Waals surface area contributed by atoms with E-state index >= 15 is 0 Å². The summed E-state index contributed by atoms with van der Waals surface area (Å²) in [6, 6.07) is 8.35. The normalized spacial score (nSPS) is 11.4. The van der Waals surface area contributed by atoms with Gasteiger partial charge in [0.15, 0.2) is 17.5 Å². The van der Waals surface area contributed by atoms with Gasteiger partial charge in [0.25, 0.3) is 0 Å². The van der Waals surface area contributed by atoms with Gasteiger partial charge in [-0.15, -0.1) is 11.3 Å². The smallest absolute Gasteiger partial charge is 0.194 e. The van der Waals surface area contributed by atoms with Gasteiger partial charge in [-0.25, -0.2) is 9.37 Å². The van der Waals surface area contributed by atoms with Gasteiger partial charge in [0.2, 0.25) is 0 Å². The van der Waals surface area contributed by atoms with E-state index in [4.69, 9.17) is 4.74 Å². The number of aryl methyl sites for hydroxylation is 1. The Balaban J connectivity index is 1.59. The van der Waals surface area contributed by atoms with Crippen molar-refractivity contribution < 1.29 is 9.13 Å². The molecule has 0 atom stereocenters. The van der Waals surface area contributed by atoms with Crippen LogP contribution in [0.3, 0.4) is 0 Å². The Labute approximate surface area is 167 Å². The third-order valence-electron chi connectivity index (χ3n) is 3.95. The van der Waals surface area contributed by atoms with Crippen molar-refractivity contribution in [3.63, 3.8) is 0 Å². The lowest BCUT2D eigenvalue weighted by atomic mass is 10.2. The van der Waals surface area contributed by atoms with Crippen molar-refractivity contribution >= 4 is 17.3 Å². The molecule has 0 amide bonds. The van der Waals surface area contributed by atoms with Crippen LogP contribution >= 0.6 is 11.3 Å². The highest BCUT2D eigenvalue weighted by atomic mass is 32.1. The number of nitrogens with zero attached hydrogens (tertiary/aromatic N) is 4. The van der Waals surface area contributed by atoms with Crippen molar-refractivity contribution in [2.75, 3.05) is 14.1 Å². The average Bonchev–Trinajstić information content (AvgIpc) is 3.10. The minimum Gasteiger partial charge on any atom is -0.453 e. The topological polar surface area (TPSA) is 62.6 Å². The standard InChI is InChI=1S/C20H22FN5OS/c1-14-25-16(13-28-14)12-26(3)20(22-2)24-10-15-6-7-19(18(21)9-15)27-17-5-4-8-23-11-17/h4-9,11,13H,10,12H2,1-3H3,(H,22,24). The summed E-state index contributed by atoms with van der Waals surface area (Å²) in [6.07, 6.45) is 3.18. The molecule has 1 aromatic carbocycles. The Morgan fingerprint density at radius 1 is 1.36 bits per heavy atom. The first-order valence-corrected chi connectivity index (χ1v) is 9.62. The molecular weight excluding hydrogens is 377 g/mol. The predicted octanol–water partition coefficient (Wildman–Crippen LogP) is 3.99. The van der Waals surface area contributed by atoms with E-state index < -0.39 is 5.82 Å². The summed E-state index contributed by atoms with van der Waals surface area (Å²) in [6.45, 7) is 3.07. The number of hydrogen-bond donors (Lipinski definition) is 1.